The van der Waals surface area contributed by atoms with Crippen LogP contribution in [0.3, 0.4) is 0 Å². The summed E-state index contributed by atoms with van der Waals surface area (Å²) in [6, 6.07) is 17.1. The lowest BCUT2D eigenvalue weighted by atomic mass is 9.92. The van der Waals surface area contributed by atoms with Crippen molar-refractivity contribution in [3.63, 3.8) is 0 Å². The second-order valence-corrected chi connectivity index (χ2v) is 5.86. The summed E-state index contributed by atoms with van der Waals surface area (Å²) >= 11 is 0. The van der Waals surface area contributed by atoms with Gasteiger partial charge in [-0.25, -0.2) is 4.79 Å². The predicted molar refractivity (Wildman–Crippen MR) is 90.8 cm³/mol. The van der Waals surface area contributed by atoms with Crippen LogP contribution in [-0.2, 0) is 19.9 Å². The molecule has 1 saturated heterocycles. The SMILES string of the molecule is CCCCOC(=O)[C@@]1(c2ccccc2)O[C@H]1c1ccc(OC)cc1. The van der Waals surface area contributed by atoms with Crippen LogP contribution in [0.25, 0.3) is 0 Å². The normalized spacial score (nSPS) is 22.0. The minimum atomic E-state index is -1.04. The first-order chi connectivity index (χ1) is 11.7. The third kappa shape index (κ3) is 3.02. The molecule has 0 aromatic heterocycles. The lowest BCUT2D eigenvalue weighted by Crippen LogP contribution is -2.26. The third-order valence-electron chi connectivity index (χ3n) is 4.27. The van der Waals surface area contributed by atoms with Gasteiger partial charge in [0.15, 0.2) is 0 Å². The molecular weight excluding hydrogens is 304 g/mol. The minimum absolute atomic E-state index is 0.317. The van der Waals surface area contributed by atoms with Gasteiger partial charge in [0.2, 0.25) is 5.60 Å². The van der Waals surface area contributed by atoms with Crippen LogP contribution in [0.2, 0.25) is 0 Å². The largest absolute Gasteiger partial charge is 0.497 e. The van der Waals surface area contributed by atoms with E-state index in [9.17, 15) is 4.79 Å². The Labute approximate surface area is 142 Å². The van der Waals surface area contributed by atoms with Gasteiger partial charge in [-0.2, -0.15) is 0 Å². The molecule has 1 fully saturated rings. The zero-order valence-corrected chi connectivity index (χ0v) is 14.0. The van der Waals surface area contributed by atoms with Crippen LogP contribution in [0.5, 0.6) is 5.75 Å². The molecular formula is C20H22O4. The van der Waals surface area contributed by atoms with E-state index < -0.39 is 5.60 Å². The van der Waals surface area contributed by atoms with E-state index in [0.29, 0.717) is 6.61 Å². The maximum absolute atomic E-state index is 12.7. The quantitative estimate of drug-likeness (QED) is 0.438. The number of rotatable bonds is 7. The molecule has 3 rings (SSSR count). The van der Waals surface area contributed by atoms with Gasteiger partial charge in [0.1, 0.15) is 11.9 Å². The molecule has 1 aliphatic rings. The number of carbonyl (C=O) groups excluding carboxylic acids is 1. The van der Waals surface area contributed by atoms with E-state index in [1.807, 2.05) is 54.6 Å². The fourth-order valence-corrected chi connectivity index (χ4v) is 2.83. The molecule has 0 bridgehead atoms. The molecule has 0 amide bonds. The fraction of sp³-hybridized carbons (Fsp3) is 0.350. The van der Waals surface area contributed by atoms with Gasteiger partial charge in [-0.05, 0) is 29.7 Å². The van der Waals surface area contributed by atoms with Gasteiger partial charge >= 0.3 is 5.97 Å². The number of esters is 1. The minimum Gasteiger partial charge on any atom is -0.497 e. The first kappa shape index (κ1) is 16.5. The summed E-state index contributed by atoms with van der Waals surface area (Å²) in [5.74, 6) is 0.457. The number of methoxy groups -OCH3 is 1. The molecule has 0 radical (unpaired) electrons. The van der Waals surface area contributed by atoms with Gasteiger partial charge in [-0.15, -0.1) is 0 Å². The molecule has 24 heavy (non-hydrogen) atoms. The Hall–Kier alpha value is -2.33. The molecule has 126 valence electrons. The summed E-state index contributed by atoms with van der Waals surface area (Å²) in [4.78, 5) is 12.7. The van der Waals surface area contributed by atoms with Crippen molar-refractivity contribution in [2.45, 2.75) is 31.5 Å². The molecule has 1 aliphatic heterocycles. The maximum Gasteiger partial charge on any atom is 0.346 e. The Morgan fingerprint density at radius 3 is 2.46 bits per heavy atom. The monoisotopic (exact) mass is 326 g/mol. The molecule has 2 aromatic rings. The molecule has 0 N–H and O–H groups in total. The molecule has 4 heteroatoms. The van der Waals surface area contributed by atoms with Crippen molar-refractivity contribution in [2.24, 2.45) is 0 Å². The predicted octanol–water partition coefficient (Wildman–Crippen LogP) is 4.01. The summed E-state index contributed by atoms with van der Waals surface area (Å²) in [7, 11) is 1.63. The number of unbranched alkanes of at least 4 members (excludes halogenated alkanes) is 1. The van der Waals surface area contributed by atoms with Gasteiger partial charge in [0.05, 0.1) is 13.7 Å². The summed E-state index contributed by atoms with van der Waals surface area (Å²) in [6.07, 6.45) is 1.50. The third-order valence-corrected chi connectivity index (χ3v) is 4.27. The van der Waals surface area contributed by atoms with Gasteiger partial charge in [-0.1, -0.05) is 55.8 Å². The van der Waals surface area contributed by atoms with Crippen molar-refractivity contribution >= 4 is 5.97 Å². The Bertz CT molecular complexity index is 681. The Morgan fingerprint density at radius 2 is 1.83 bits per heavy atom. The average molecular weight is 326 g/mol. The van der Waals surface area contributed by atoms with Crippen LogP contribution < -0.4 is 4.74 Å². The molecule has 2 aromatic carbocycles. The topological polar surface area (TPSA) is 48.1 Å². The molecule has 2 atom stereocenters. The van der Waals surface area contributed by atoms with Gasteiger partial charge in [0, 0.05) is 0 Å². The van der Waals surface area contributed by atoms with E-state index in [1.54, 1.807) is 7.11 Å². The summed E-state index contributed by atoms with van der Waals surface area (Å²) in [5.41, 5.74) is 0.725. The van der Waals surface area contributed by atoms with E-state index in [4.69, 9.17) is 14.2 Å². The highest BCUT2D eigenvalue weighted by Gasteiger charge is 2.65. The zero-order valence-electron chi connectivity index (χ0n) is 14.0. The highest BCUT2D eigenvalue weighted by molar-refractivity contribution is 5.85. The van der Waals surface area contributed by atoms with Crippen molar-refractivity contribution in [3.05, 3.63) is 65.7 Å². The Balaban J connectivity index is 1.86. The van der Waals surface area contributed by atoms with Crippen LogP contribution in [0.15, 0.2) is 54.6 Å². The number of benzene rings is 2. The highest BCUT2D eigenvalue weighted by Crippen LogP contribution is 2.57. The van der Waals surface area contributed by atoms with Gasteiger partial charge in [-0.3, -0.25) is 0 Å². The van der Waals surface area contributed by atoms with Crippen molar-refractivity contribution in [3.8, 4) is 5.75 Å². The summed E-state index contributed by atoms with van der Waals surface area (Å²) < 4.78 is 16.6. The van der Waals surface area contributed by atoms with E-state index >= 15 is 0 Å². The second-order valence-electron chi connectivity index (χ2n) is 5.86. The number of hydrogen-bond donors (Lipinski definition) is 0. The summed E-state index contributed by atoms with van der Waals surface area (Å²) in [5, 5.41) is 0. The number of ether oxygens (including phenoxy) is 3. The maximum atomic E-state index is 12.7. The number of hydrogen-bond acceptors (Lipinski definition) is 4. The first-order valence-corrected chi connectivity index (χ1v) is 8.27. The molecule has 0 unspecified atom stereocenters. The van der Waals surface area contributed by atoms with Gasteiger partial charge in [0.25, 0.3) is 0 Å². The van der Waals surface area contributed by atoms with Crippen LogP contribution >= 0.6 is 0 Å². The zero-order chi connectivity index (χ0) is 17.0. The van der Waals surface area contributed by atoms with Gasteiger partial charge < -0.3 is 14.2 Å². The van der Waals surface area contributed by atoms with Crippen LogP contribution in [0.1, 0.15) is 37.0 Å². The van der Waals surface area contributed by atoms with Crippen LogP contribution in [-0.4, -0.2) is 19.7 Å². The highest BCUT2D eigenvalue weighted by atomic mass is 16.7. The Kier molecular flexibility index (Phi) is 4.86. The van der Waals surface area contributed by atoms with E-state index in [0.717, 1.165) is 29.7 Å². The number of epoxide rings is 1. The second kappa shape index (κ2) is 7.05. The van der Waals surface area contributed by atoms with E-state index in [2.05, 4.69) is 6.92 Å². The van der Waals surface area contributed by atoms with E-state index in [1.165, 1.54) is 0 Å². The smallest absolute Gasteiger partial charge is 0.346 e. The molecule has 0 aliphatic carbocycles. The number of carbonyl (C=O) groups is 1. The molecule has 0 spiro atoms. The lowest BCUT2D eigenvalue weighted by molar-refractivity contribution is -0.150. The molecule has 1 heterocycles. The van der Waals surface area contributed by atoms with Crippen molar-refractivity contribution in [2.75, 3.05) is 13.7 Å². The van der Waals surface area contributed by atoms with Crippen molar-refractivity contribution in [1.82, 2.24) is 0 Å². The average Bonchev–Trinajstić information content (AvgIpc) is 3.40. The molecule has 0 saturated carbocycles. The Morgan fingerprint density at radius 1 is 1.12 bits per heavy atom. The van der Waals surface area contributed by atoms with Crippen LogP contribution in [0.4, 0.5) is 0 Å². The first-order valence-electron chi connectivity index (χ1n) is 8.27. The fourth-order valence-electron chi connectivity index (χ4n) is 2.83. The molecule has 4 nitrogen and oxygen atoms in total. The standard InChI is InChI=1S/C20H22O4/c1-3-4-14-23-19(21)20(16-8-6-5-7-9-16)18(24-20)15-10-12-17(22-2)13-11-15/h5-13,18H,3-4,14H2,1-2H3/t18-,20-/m0/s1. The van der Waals surface area contributed by atoms with E-state index in [-0.39, 0.29) is 12.1 Å². The van der Waals surface area contributed by atoms with Crippen molar-refractivity contribution < 1.29 is 19.0 Å². The van der Waals surface area contributed by atoms with Crippen molar-refractivity contribution in [1.29, 1.82) is 0 Å². The summed E-state index contributed by atoms with van der Waals surface area (Å²) in [6.45, 7) is 2.48. The van der Waals surface area contributed by atoms with Crippen LogP contribution in [0, 0.1) is 0 Å². The lowest BCUT2D eigenvalue weighted by Gasteiger charge is -2.13.